The number of fused-ring (bicyclic) bond motifs is 4. The fraction of sp³-hybridized carbons (Fsp3) is 0.529. The van der Waals surface area contributed by atoms with E-state index in [2.05, 4.69) is 15.1 Å². The molecule has 0 radical (unpaired) electrons. The van der Waals surface area contributed by atoms with Gasteiger partial charge in [0.2, 0.25) is 11.7 Å². The molecule has 2 aliphatic heterocycles. The molecule has 2 aliphatic rings. The van der Waals surface area contributed by atoms with Crippen molar-refractivity contribution < 1.29 is 24.2 Å². The van der Waals surface area contributed by atoms with Crippen LogP contribution >= 0.6 is 0 Å². The molecule has 2 amide bonds. The SMILES string of the molecule is Cc1cc(C)n2nc(C(=O)N3C[C@@H]4COC[C@H](C3)N(C)C4=O)nc2n1.O=CO. The Kier molecular flexibility index (Phi) is 5.54. The number of likely N-dealkylation sites (N-methyl/N-ethyl adjacent to an activating group) is 1. The molecule has 0 saturated carbocycles. The number of carbonyl (C=O) groups is 3. The van der Waals surface area contributed by atoms with E-state index in [0.717, 1.165) is 11.4 Å². The summed E-state index contributed by atoms with van der Waals surface area (Å²) in [5.41, 5.74) is 1.69. The van der Waals surface area contributed by atoms with Crippen molar-refractivity contribution >= 4 is 24.1 Å². The zero-order valence-corrected chi connectivity index (χ0v) is 15.9. The standard InChI is InChI=1S/C16H20N6O3.CH2O2/c1-9-4-10(2)22-16(17-9)18-13(19-22)15(24)21-5-11-7-25-8-12(6-21)20(3)14(11)23;2-1-3/h4,11-12H,5-8H2,1-3H3;1H,(H,2,3)/t11-,12+;/m1./s1. The molecule has 11 nitrogen and oxygen atoms in total. The van der Waals surface area contributed by atoms with Crippen LogP contribution in [0.5, 0.6) is 0 Å². The van der Waals surface area contributed by atoms with Gasteiger partial charge in [0.05, 0.1) is 25.2 Å². The van der Waals surface area contributed by atoms with Gasteiger partial charge in [-0.3, -0.25) is 14.4 Å². The molecule has 4 rings (SSSR count). The second-order valence-corrected chi connectivity index (χ2v) is 6.84. The molecule has 11 heteroatoms. The van der Waals surface area contributed by atoms with Crippen LogP contribution in [0.3, 0.4) is 0 Å². The Bertz CT molecular complexity index is 913. The first-order chi connectivity index (χ1) is 13.3. The fourth-order valence-corrected chi connectivity index (χ4v) is 3.46. The van der Waals surface area contributed by atoms with Crippen molar-refractivity contribution in [1.82, 2.24) is 29.4 Å². The van der Waals surface area contributed by atoms with E-state index in [1.54, 1.807) is 21.4 Å². The number of rotatable bonds is 1. The first-order valence-electron chi connectivity index (χ1n) is 8.78. The summed E-state index contributed by atoms with van der Waals surface area (Å²) >= 11 is 0. The van der Waals surface area contributed by atoms with Crippen LogP contribution in [0.2, 0.25) is 0 Å². The number of aromatic nitrogens is 4. The molecule has 2 bridgehead atoms. The molecular weight excluding hydrogens is 368 g/mol. The minimum atomic E-state index is -0.347. The third-order valence-electron chi connectivity index (χ3n) is 4.84. The lowest BCUT2D eigenvalue weighted by molar-refractivity contribution is -0.134. The molecule has 0 unspecified atom stereocenters. The third-order valence-corrected chi connectivity index (χ3v) is 4.84. The molecule has 150 valence electrons. The van der Waals surface area contributed by atoms with Gasteiger partial charge in [0.15, 0.2) is 0 Å². The summed E-state index contributed by atoms with van der Waals surface area (Å²) < 4.78 is 7.14. The van der Waals surface area contributed by atoms with Crippen LogP contribution in [0.4, 0.5) is 0 Å². The molecule has 0 aliphatic carbocycles. The summed E-state index contributed by atoms with van der Waals surface area (Å²) in [6.45, 7) is 5.02. The number of amides is 2. The molecule has 2 saturated heterocycles. The van der Waals surface area contributed by atoms with Crippen LogP contribution in [0.25, 0.3) is 5.78 Å². The average molecular weight is 390 g/mol. The number of aryl methyl sites for hydroxylation is 2. The van der Waals surface area contributed by atoms with Gasteiger partial charge < -0.3 is 19.6 Å². The molecule has 2 atom stereocenters. The normalized spacial score (nSPS) is 21.8. The van der Waals surface area contributed by atoms with E-state index in [9.17, 15) is 9.59 Å². The number of carbonyl (C=O) groups excluding carboxylic acids is 2. The van der Waals surface area contributed by atoms with Gasteiger partial charge in [-0.25, -0.2) is 9.50 Å². The largest absolute Gasteiger partial charge is 0.483 e. The number of nitrogens with zero attached hydrogens (tertiary/aromatic N) is 6. The monoisotopic (exact) mass is 390 g/mol. The first kappa shape index (κ1) is 19.7. The Balaban J connectivity index is 0.000000706. The van der Waals surface area contributed by atoms with Gasteiger partial charge in [-0.15, -0.1) is 5.10 Å². The van der Waals surface area contributed by atoms with Crippen LogP contribution < -0.4 is 0 Å². The number of hydrogen-bond donors (Lipinski definition) is 1. The second kappa shape index (κ2) is 7.89. The third kappa shape index (κ3) is 3.65. The van der Waals surface area contributed by atoms with Gasteiger partial charge in [0.25, 0.3) is 18.2 Å². The Morgan fingerprint density at radius 3 is 2.71 bits per heavy atom. The maximum atomic E-state index is 13.0. The van der Waals surface area contributed by atoms with E-state index in [1.165, 1.54) is 0 Å². The van der Waals surface area contributed by atoms with Gasteiger partial charge in [0.1, 0.15) is 0 Å². The highest BCUT2D eigenvalue weighted by Gasteiger charge is 2.39. The smallest absolute Gasteiger partial charge is 0.293 e. The Labute approximate surface area is 160 Å². The minimum absolute atomic E-state index is 0.0221. The van der Waals surface area contributed by atoms with E-state index in [0.29, 0.717) is 32.1 Å². The van der Waals surface area contributed by atoms with Gasteiger partial charge >= 0.3 is 0 Å². The first-order valence-corrected chi connectivity index (χ1v) is 8.78. The number of ether oxygens (including phenoxy) is 1. The predicted octanol–water partition coefficient (Wildman–Crippen LogP) is -0.629. The summed E-state index contributed by atoms with van der Waals surface area (Å²) in [5, 5.41) is 11.2. The highest BCUT2D eigenvalue weighted by atomic mass is 16.5. The summed E-state index contributed by atoms with van der Waals surface area (Å²) in [6.07, 6.45) is 0. The summed E-state index contributed by atoms with van der Waals surface area (Å²) in [7, 11) is 1.77. The van der Waals surface area contributed by atoms with Gasteiger partial charge in [-0.05, 0) is 19.9 Å². The molecule has 4 heterocycles. The predicted molar refractivity (Wildman–Crippen MR) is 95.7 cm³/mol. The quantitative estimate of drug-likeness (QED) is 0.637. The fourth-order valence-electron chi connectivity index (χ4n) is 3.46. The number of carboxylic acid groups (broad SMARTS) is 1. The average Bonchev–Trinajstić information content (AvgIpc) is 2.95. The van der Waals surface area contributed by atoms with Gasteiger partial charge in [0, 0.05) is 31.5 Å². The van der Waals surface area contributed by atoms with Gasteiger partial charge in [-0.2, -0.15) is 4.98 Å². The molecule has 0 spiro atoms. The molecule has 1 N–H and O–H groups in total. The lowest BCUT2D eigenvalue weighted by atomic mass is 10.1. The minimum Gasteiger partial charge on any atom is -0.483 e. The Morgan fingerprint density at radius 2 is 2.00 bits per heavy atom. The van der Waals surface area contributed by atoms with Crippen molar-refractivity contribution in [3.8, 4) is 0 Å². The summed E-state index contributed by atoms with van der Waals surface area (Å²) in [6, 6.07) is 1.74. The van der Waals surface area contributed by atoms with Crippen molar-refractivity contribution in [3.63, 3.8) is 0 Å². The van der Waals surface area contributed by atoms with Crippen LogP contribution in [0, 0.1) is 19.8 Å². The summed E-state index contributed by atoms with van der Waals surface area (Å²) in [5.74, 6) is -0.0818. The van der Waals surface area contributed by atoms with Crippen LogP contribution in [0.15, 0.2) is 6.07 Å². The molecular formula is C17H22N6O5. The van der Waals surface area contributed by atoms with Crippen molar-refractivity contribution in [1.29, 1.82) is 0 Å². The second-order valence-electron chi connectivity index (χ2n) is 6.84. The lowest BCUT2D eigenvalue weighted by Gasteiger charge is -2.28. The van der Waals surface area contributed by atoms with E-state index >= 15 is 0 Å². The van der Waals surface area contributed by atoms with Crippen molar-refractivity contribution in [2.24, 2.45) is 5.92 Å². The van der Waals surface area contributed by atoms with Gasteiger partial charge in [-0.1, -0.05) is 0 Å². The highest BCUT2D eigenvalue weighted by molar-refractivity contribution is 5.92. The number of hydrogen-bond acceptors (Lipinski definition) is 7. The van der Waals surface area contributed by atoms with E-state index < -0.39 is 0 Å². The van der Waals surface area contributed by atoms with E-state index in [4.69, 9.17) is 14.6 Å². The zero-order chi connectivity index (χ0) is 20.4. The van der Waals surface area contributed by atoms with Crippen molar-refractivity contribution in [3.05, 3.63) is 23.3 Å². The maximum Gasteiger partial charge on any atom is 0.293 e. The molecule has 0 aromatic carbocycles. The van der Waals surface area contributed by atoms with E-state index in [-0.39, 0.29) is 36.1 Å². The topological polar surface area (TPSA) is 130 Å². The molecule has 2 fully saturated rings. The molecule has 28 heavy (non-hydrogen) atoms. The summed E-state index contributed by atoms with van der Waals surface area (Å²) in [4.78, 5) is 45.7. The Hall–Kier alpha value is -3.08. The molecule has 2 aromatic heterocycles. The highest BCUT2D eigenvalue weighted by Crippen LogP contribution is 2.20. The molecule has 2 aromatic rings. The lowest BCUT2D eigenvalue weighted by Crippen LogP contribution is -2.45. The van der Waals surface area contributed by atoms with Crippen molar-refractivity contribution in [2.75, 3.05) is 33.4 Å². The van der Waals surface area contributed by atoms with Crippen molar-refractivity contribution in [2.45, 2.75) is 19.9 Å². The maximum absolute atomic E-state index is 13.0. The van der Waals surface area contributed by atoms with Crippen LogP contribution in [0.1, 0.15) is 22.0 Å². The zero-order valence-electron chi connectivity index (χ0n) is 15.9. The van der Waals surface area contributed by atoms with Crippen LogP contribution in [-0.2, 0) is 14.3 Å². The van der Waals surface area contributed by atoms with E-state index in [1.807, 2.05) is 19.9 Å². The van der Waals surface area contributed by atoms with Crippen LogP contribution in [-0.4, -0.2) is 92.2 Å². The Morgan fingerprint density at radius 1 is 1.29 bits per heavy atom.